The van der Waals surface area contributed by atoms with Gasteiger partial charge in [-0.05, 0) is 135 Å². The zero-order valence-electron chi connectivity index (χ0n) is 29.0. The molecule has 0 saturated heterocycles. The van der Waals surface area contributed by atoms with Crippen molar-refractivity contribution in [2.45, 2.75) is 0 Å². The largest absolute Gasteiger partial charge is 0.310 e. The molecule has 53 heavy (non-hydrogen) atoms. The number of anilines is 6. The third-order valence-corrected chi connectivity index (χ3v) is 10.3. The van der Waals surface area contributed by atoms with E-state index in [1.54, 1.807) is 0 Å². The molecular weight excluding hydrogens is 708 g/mol. The van der Waals surface area contributed by atoms with Crippen LogP contribution in [0, 0.1) is 0 Å². The first kappa shape index (κ1) is 32.5. The van der Waals surface area contributed by atoms with Crippen LogP contribution in [0.25, 0.3) is 43.8 Å². The Morgan fingerprint density at radius 2 is 0.585 bits per heavy atom. The topological polar surface area (TPSA) is 6.48 Å². The molecule has 0 bridgehead atoms. The van der Waals surface area contributed by atoms with Gasteiger partial charge in [0, 0.05) is 38.6 Å². The van der Waals surface area contributed by atoms with E-state index in [-0.39, 0.29) is 0 Å². The molecular formula is C50H35BrN2. The van der Waals surface area contributed by atoms with E-state index in [0.29, 0.717) is 0 Å². The highest BCUT2D eigenvalue weighted by molar-refractivity contribution is 9.10. The molecule has 9 aromatic carbocycles. The van der Waals surface area contributed by atoms with E-state index in [9.17, 15) is 0 Å². The van der Waals surface area contributed by atoms with Crippen molar-refractivity contribution in [3.8, 4) is 22.3 Å². The Hall–Kier alpha value is -6.42. The van der Waals surface area contributed by atoms with Crippen LogP contribution in [-0.4, -0.2) is 0 Å². The van der Waals surface area contributed by atoms with Gasteiger partial charge in [0.2, 0.25) is 0 Å². The first-order valence-corrected chi connectivity index (χ1v) is 18.7. The summed E-state index contributed by atoms with van der Waals surface area (Å²) in [5, 5.41) is 4.91. The molecule has 0 aliphatic carbocycles. The second kappa shape index (κ2) is 14.3. The van der Waals surface area contributed by atoms with E-state index in [4.69, 9.17) is 0 Å². The number of fused-ring (bicyclic) bond motifs is 2. The van der Waals surface area contributed by atoms with Crippen LogP contribution in [0.15, 0.2) is 217 Å². The fourth-order valence-corrected chi connectivity index (χ4v) is 7.70. The molecule has 9 aromatic rings. The normalized spacial score (nSPS) is 11.1. The number of para-hydroxylation sites is 2. The SMILES string of the molecule is Brc1cc(-c2ccc(N(c3ccccc3)c3ccc4ccccc4c3)cc2)cc(-c2ccc(N(c3ccccc3)c3ccc4ccccc4c3)cc2)c1. The van der Waals surface area contributed by atoms with Crippen LogP contribution in [0.4, 0.5) is 34.1 Å². The van der Waals surface area contributed by atoms with Crippen LogP contribution >= 0.6 is 15.9 Å². The van der Waals surface area contributed by atoms with Crippen molar-refractivity contribution < 1.29 is 0 Å². The van der Waals surface area contributed by atoms with Gasteiger partial charge in [0.25, 0.3) is 0 Å². The van der Waals surface area contributed by atoms with Gasteiger partial charge in [-0.25, -0.2) is 0 Å². The molecule has 0 heterocycles. The van der Waals surface area contributed by atoms with E-state index in [1.807, 2.05) is 0 Å². The third kappa shape index (κ3) is 6.71. The molecule has 0 amide bonds. The van der Waals surface area contributed by atoms with Crippen molar-refractivity contribution in [2.75, 3.05) is 9.80 Å². The Balaban J connectivity index is 1.03. The monoisotopic (exact) mass is 742 g/mol. The Labute approximate surface area is 319 Å². The van der Waals surface area contributed by atoms with Crippen molar-refractivity contribution in [3.05, 3.63) is 217 Å². The molecule has 3 heteroatoms. The van der Waals surface area contributed by atoms with Crippen LogP contribution in [0.3, 0.4) is 0 Å². The molecule has 0 saturated carbocycles. The molecule has 0 aliphatic rings. The lowest BCUT2D eigenvalue weighted by atomic mass is 9.98. The van der Waals surface area contributed by atoms with Crippen molar-refractivity contribution >= 4 is 71.6 Å². The van der Waals surface area contributed by atoms with Gasteiger partial charge < -0.3 is 9.80 Å². The van der Waals surface area contributed by atoms with Gasteiger partial charge >= 0.3 is 0 Å². The number of benzene rings is 9. The summed E-state index contributed by atoms with van der Waals surface area (Å²) in [6, 6.07) is 76.0. The average Bonchev–Trinajstić information content (AvgIpc) is 3.22. The van der Waals surface area contributed by atoms with Crippen molar-refractivity contribution in [3.63, 3.8) is 0 Å². The summed E-state index contributed by atoms with van der Waals surface area (Å²) in [6.45, 7) is 0. The quantitative estimate of drug-likeness (QED) is 0.153. The van der Waals surface area contributed by atoms with Gasteiger partial charge in [-0.3, -0.25) is 0 Å². The van der Waals surface area contributed by atoms with Gasteiger partial charge in [-0.2, -0.15) is 0 Å². The molecule has 0 aromatic heterocycles. The minimum atomic E-state index is 1.04. The summed E-state index contributed by atoms with van der Waals surface area (Å²) in [5.41, 5.74) is 11.3. The van der Waals surface area contributed by atoms with Crippen LogP contribution in [0.5, 0.6) is 0 Å². The fraction of sp³-hybridized carbons (Fsp3) is 0. The van der Waals surface area contributed by atoms with Crippen LogP contribution in [0.2, 0.25) is 0 Å². The van der Waals surface area contributed by atoms with Gasteiger partial charge in [0.05, 0.1) is 0 Å². The van der Waals surface area contributed by atoms with E-state index >= 15 is 0 Å². The molecule has 0 unspecified atom stereocenters. The lowest BCUT2D eigenvalue weighted by Crippen LogP contribution is -2.09. The molecule has 252 valence electrons. The molecule has 0 atom stereocenters. The Bertz CT molecular complexity index is 2490. The van der Waals surface area contributed by atoms with E-state index in [1.165, 1.54) is 21.5 Å². The van der Waals surface area contributed by atoms with Crippen LogP contribution < -0.4 is 9.80 Å². The van der Waals surface area contributed by atoms with Crippen molar-refractivity contribution in [1.82, 2.24) is 0 Å². The summed E-state index contributed by atoms with van der Waals surface area (Å²) in [6.07, 6.45) is 0. The average molecular weight is 744 g/mol. The van der Waals surface area contributed by atoms with Crippen molar-refractivity contribution in [2.24, 2.45) is 0 Å². The Kier molecular flexibility index (Phi) is 8.77. The Morgan fingerprint density at radius 3 is 1.00 bits per heavy atom. The van der Waals surface area contributed by atoms with Gasteiger partial charge in [-0.15, -0.1) is 0 Å². The molecule has 0 spiro atoms. The fourth-order valence-electron chi connectivity index (χ4n) is 7.21. The Morgan fingerprint density at radius 1 is 0.245 bits per heavy atom. The molecule has 0 N–H and O–H groups in total. The maximum atomic E-state index is 3.83. The minimum absolute atomic E-state index is 1.04. The number of hydrogen-bond acceptors (Lipinski definition) is 2. The van der Waals surface area contributed by atoms with Gasteiger partial charge in [0.15, 0.2) is 0 Å². The second-order valence-electron chi connectivity index (χ2n) is 13.2. The first-order chi connectivity index (χ1) is 26.2. The smallest absolute Gasteiger partial charge is 0.0468 e. The lowest BCUT2D eigenvalue weighted by Gasteiger charge is -2.26. The van der Waals surface area contributed by atoms with Gasteiger partial charge in [-0.1, -0.05) is 137 Å². The van der Waals surface area contributed by atoms with E-state index < -0.39 is 0 Å². The van der Waals surface area contributed by atoms with E-state index in [0.717, 1.165) is 60.9 Å². The molecule has 0 fully saturated rings. The predicted molar refractivity (Wildman–Crippen MR) is 229 cm³/mol. The minimum Gasteiger partial charge on any atom is -0.310 e. The molecule has 9 rings (SSSR count). The second-order valence-corrected chi connectivity index (χ2v) is 14.1. The number of hydrogen-bond donors (Lipinski definition) is 0. The molecule has 0 radical (unpaired) electrons. The summed E-state index contributed by atoms with van der Waals surface area (Å²) in [5.74, 6) is 0. The highest BCUT2D eigenvalue weighted by atomic mass is 79.9. The lowest BCUT2D eigenvalue weighted by molar-refractivity contribution is 1.29. The number of halogens is 1. The highest BCUT2D eigenvalue weighted by Gasteiger charge is 2.15. The molecule has 0 aliphatic heterocycles. The summed E-state index contributed by atoms with van der Waals surface area (Å²) < 4.78 is 1.04. The highest BCUT2D eigenvalue weighted by Crippen LogP contribution is 2.40. The van der Waals surface area contributed by atoms with Crippen molar-refractivity contribution in [1.29, 1.82) is 0 Å². The van der Waals surface area contributed by atoms with Crippen LogP contribution in [0.1, 0.15) is 0 Å². The summed E-state index contributed by atoms with van der Waals surface area (Å²) in [4.78, 5) is 4.64. The zero-order valence-corrected chi connectivity index (χ0v) is 30.6. The summed E-state index contributed by atoms with van der Waals surface area (Å²) >= 11 is 3.83. The summed E-state index contributed by atoms with van der Waals surface area (Å²) in [7, 11) is 0. The number of nitrogens with zero attached hydrogens (tertiary/aromatic N) is 2. The maximum Gasteiger partial charge on any atom is 0.0468 e. The van der Waals surface area contributed by atoms with E-state index in [2.05, 4.69) is 238 Å². The van der Waals surface area contributed by atoms with Gasteiger partial charge in [0.1, 0.15) is 0 Å². The molecule has 2 nitrogen and oxygen atoms in total. The first-order valence-electron chi connectivity index (χ1n) is 17.9. The predicted octanol–water partition coefficient (Wildman–Crippen LogP) is 15.0. The third-order valence-electron chi connectivity index (χ3n) is 9.83. The number of rotatable bonds is 8. The zero-order chi connectivity index (χ0) is 35.6. The standard InChI is InChI=1S/C50H35BrN2/c51-44-32-42(38-19-25-47(26-20-38)52(45-15-3-1-4-16-45)49-29-23-36-11-7-9-13-40(36)34-49)31-43(33-44)39-21-27-48(28-22-39)53(46-17-5-2-6-18-46)50-30-24-37-12-8-10-14-41(37)35-50/h1-35H. The maximum absolute atomic E-state index is 3.83. The van der Waals surface area contributed by atoms with Crippen LogP contribution in [-0.2, 0) is 0 Å².